The van der Waals surface area contributed by atoms with Crippen LogP contribution in [-0.2, 0) is 4.79 Å². The zero-order valence-corrected chi connectivity index (χ0v) is 13.4. The number of rotatable bonds is 3. The highest BCUT2D eigenvalue weighted by Crippen LogP contribution is 2.45. The maximum Gasteiger partial charge on any atom is 0.222 e. The molecule has 3 fully saturated rings. The van der Waals surface area contributed by atoms with Crippen molar-refractivity contribution in [3.8, 4) is 0 Å². The molecule has 1 heterocycles. The van der Waals surface area contributed by atoms with E-state index in [1.165, 1.54) is 44.9 Å². The lowest BCUT2D eigenvalue weighted by molar-refractivity contribution is -0.139. The van der Waals surface area contributed by atoms with Gasteiger partial charge >= 0.3 is 0 Å². The van der Waals surface area contributed by atoms with Crippen LogP contribution in [-0.4, -0.2) is 35.1 Å². The van der Waals surface area contributed by atoms with E-state index in [0.29, 0.717) is 5.91 Å². The molecule has 21 heavy (non-hydrogen) atoms. The first-order valence-corrected chi connectivity index (χ1v) is 9.15. The number of likely N-dealkylation sites (tertiary alicyclic amines) is 1. The molecule has 0 radical (unpaired) electrons. The highest BCUT2D eigenvalue weighted by atomic mass is 16.3. The van der Waals surface area contributed by atoms with E-state index in [-0.39, 0.29) is 11.5 Å². The zero-order chi connectivity index (χ0) is 14.7. The Morgan fingerprint density at radius 1 is 1.05 bits per heavy atom. The summed E-state index contributed by atoms with van der Waals surface area (Å²) in [6, 6.07) is 0. The predicted octanol–water partition coefficient (Wildman–Crippen LogP) is 3.50. The molecule has 2 saturated carbocycles. The number of amides is 1. The third-order valence-electron chi connectivity index (χ3n) is 6.33. The average molecular weight is 293 g/mol. The molecule has 0 bridgehead atoms. The van der Waals surface area contributed by atoms with Crippen LogP contribution in [0.5, 0.6) is 0 Å². The SMILES string of the molecule is O=C(CCC1CCCCC1)N1CC[C@H](O)C2(CCCC2)C1. The average Bonchev–Trinajstić information content (AvgIpc) is 2.98. The van der Waals surface area contributed by atoms with Gasteiger partial charge in [0.1, 0.15) is 0 Å². The standard InChI is InChI=1S/C18H31NO2/c20-16-10-13-19(14-18(16)11-4-5-12-18)17(21)9-8-15-6-2-1-3-7-15/h15-16,20H,1-14H2/t16-/m0/s1. The van der Waals surface area contributed by atoms with Crippen LogP contribution in [0, 0.1) is 11.3 Å². The molecule has 0 aromatic heterocycles. The van der Waals surface area contributed by atoms with Gasteiger partial charge in [-0.1, -0.05) is 44.9 Å². The number of piperidine rings is 1. The Kier molecular flexibility index (Phi) is 4.88. The number of hydrogen-bond donors (Lipinski definition) is 1. The molecule has 120 valence electrons. The minimum absolute atomic E-state index is 0.0404. The van der Waals surface area contributed by atoms with Gasteiger partial charge < -0.3 is 10.0 Å². The number of nitrogens with zero attached hydrogens (tertiary/aromatic N) is 1. The summed E-state index contributed by atoms with van der Waals surface area (Å²) in [7, 11) is 0. The summed E-state index contributed by atoms with van der Waals surface area (Å²) < 4.78 is 0. The lowest BCUT2D eigenvalue weighted by Gasteiger charge is -2.44. The fraction of sp³-hybridized carbons (Fsp3) is 0.944. The summed E-state index contributed by atoms with van der Waals surface area (Å²) in [6.45, 7) is 1.59. The van der Waals surface area contributed by atoms with Crippen molar-refractivity contribution < 1.29 is 9.90 Å². The van der Waals surface area contributed by atoms with Crippen LogP contribution in [0.2, 0.25) is 0 Å². The molecule has 1 atom stereocenters. The minimum Gasteiger partial charge on any atom is -0.392 e. The second-order valence-corrected chi connectivity index (χ2v) is 7.73. The van der Waals surface area contributed by atoms with E-state index in [0.717, 1.165) is 51.1 Å². The first-order chi connectivity index (χ1) is 10.2. The smallest absolute Gasteiger partial charge is 0.222 e. The van der Waals surface area contributed by atoms with Crippen molar-refractivity contribution in [2.45, 2.75) is 83.2 Å². The molecule has 0 unspecified atom stereocenters. The summed E-state index contributed by atoms with van der Waals surface area (Å²) in [6.07, 6.45) is 13.9. The Morgan fingerprint density at radius 2 is 1.76 bits per heavy atom. The molecule has 1 amide bonds. The van der Waals surface area contributed by atoms with Crippen molar-refractivity contribution in [2.24, 2.45) is 11.3 Å². The molecule has 3 aliphatic rings. The highest BCUT2D eigenvalue weighted by Gasteiger charge is 2.45. The van der Waals surface area contributed by atoms with Crippen LogP contribution >= 0.6 is 0 Å². The van der Waals surface area contributed by atoms with Gasteiger partial charge in [0.25, 0.3) is 0 Å². The quantitative estimate of drug-likeness (QED) is 0.865. The monoisotopic (exact) mass is 293 g/mol. The fourth-order valence-electron chi connectivity index (χ4n) is 4.89. The number of carbonyl (C=O) groups excluding carboxylic acids is 1. The number of aliphatic hydroxyl groups excluding tert-OH is 1. The van der Waals surface area contributed by atoms with Gasteiger partial charge in [0.05, 0.1) is 6.10 Å². The fourth-order valence-corrected chi connectivity index (χ4v) is 4.89. The van der Waals surface area contributed by atoms with Crippen molar-refractivity contribution in [1.29, 1.82) is 0 Å². The topological polar surface area (TPSA) is 40.5 Å². The Labute approximate surface area is 129 Å². The van der Waals surface area contributed by atoms with E-state index in [1.807, 2.05) is 0 Å². The Hall–Kier alpha value is -0.570. The largest absolute Gasteiger partial charge is 0.392 e. The van der Waals surface area contributed by atoms with Crippen LogP contribution in [0.15, 0.2) is 0 Å². The van der Waals surface area contributed by atoms with Gasteiger partial charge in [-0.15, -0.1) is 0 Å². The summed E-state index contributed by atoms with van der Waals surface area (Å²) in [4.78, 5) is 14.6. The third kappa shape index (κ3) is 3.44. The van der Waals surface area contributed by atoms with Crippen LogP contribution in [0.4, 0.5) is 0 Å². The Balaban J connectivity index is 1.50. The normalized spacial score (nSPS) is 30.0. The van der Waals surface area contributed by atoms with Crippen molar-refractivity contribution >= 4 is 5.91 Å². The lowest BCUT2D eigenvalue weighted by atomic mass is 9.76. The van der Waals surface area contributed by atoms with Crippen molar-refractivity contribution in [3.05, 3.63) is 0 Å². The molecule has 1 aliphatic heterocycles. The van der Waals surface area contributed by atoms with Gasteiger partial charge in [-0.05, 0) is 31.6 Å². The first-order valence-electron chi connectivity index (χ1n) is 9.15. The van der Waals surface area contributed by atoms with Crippen LogP contribution in [0.25, 0.3) is 0 Å². The summed E-state index contributed by atoms with van der Waals surface area (Å²) in [5, 5.41) is 10.4. The van der Waals surface area contributed by atoms with Gasteiger partial charge in [-0.3, -0.25) is 4.79 Å². The summed E-state index contributed by atoms with van der Waals surface area (Å²) >= 11 is 0. The minimum atomic E-state index is -0.178. The molecule has 1 saturated heterocycles. The van der Waals surface area contributed by atoms with Gasteiger partial charge in [0, 0.05) is 24.9 Å². The van der Waals surface area contributed by atoms with E-state index < -0.39 is 0 Å². The molecule has 3 rings (SSSR count). The van der Waals surface area contributed by atoms with Gasteiger partial charge in [0.2, 0.25) is 5.91 Å². The van der Waals surface area contributed by atoms with Gasteiger partial charge in [-0.25, -0.2) is 0 Å². The van der Waals surface area contributed by atoms with E-state index in [2.05, 4.69) is 4.90 Å². The van der Waals surface area contributed by atoms with Crippen LogP contribution in [0.1, 0.15) is 77.0 Å². The summed E-state index contributed by atoms with van der Waals surface area (Å²) in [5.74, 6) is 1.14. The molecular formula is C18H31NO2. The first kappa shape index (κ1) is 15.3. The van der Waals surface area contributed by atoms with Crippen molar-refractivity contribution in [2.75, 3.05) is 13.1 Å². The lowest BCUT2D eigenvalue weighted by Crippen LogP contribution is -2.52. The molecule has 3 nitrogen and oxygen atoms in total. The molecule has 2 aliphatic carbocycles. The Bertz CT molecular complexity index is 356. The Morgan fingerprint density at radius 3 is 2.48 bits per heavy atom. The van der Waals surface area contributed by atoms with E-state index in [4.69, 9.17) is 0 Å². The van der Waals surface area contributed by atoms with E-state index in [1.54, 1.807) is 0 Å². The van der Waals surface area contributed by atoms with Crippen molar-refractivity contribution in [1.82, 2.24) is 4.90 Å². The second kappa shape index (κ2) is 6.68. The molecule has 0 aromatic carbocycles. The molecule has 1 spiro atoms. The maximum absolute atomic E-state index is 12.5. The van der Waals surface area contributed by atoms with Crippen LogP contribution in [0.3, 0.4) is 0 Å². The van der Waals surface area contributed by atoms with E-state index >= 15 is 0 Å². The van der Waals surface area contributed by atoms with Crippen molar-refractivity contribution in [3.63, 3.8) is 0 Å². The maximum atomic E-state index is 12.5. The molecular weight excluding hydrogens is 262 g/mol. The third-order valence-corrected chi connectivity index (χ3v) is 6.33. The highest BCUT2D eigenvalue weighted by molar-refractivity contribution is 5.76. The molecule has 1 N–H and O–H groups in total. The molecule has 0 aromatic rings. The van der Waals surface area contributed by atoms with Crippen LogP contribution < -0.4 is 0 Å². The zero-order valence-electron chi connectivity index (χ0n) is 13.4. The molecule has 3 heteroatoms. The number of aliphatic hydroxyl groups is 1. The second-order valence-electron chi connectivity index (χ2n) is 7.73. The van der Waals surface area contributed by atoms with E-state index in [9.17, 15) is 9.90 Å². The van der Waals surface area contributed by atoms with Gasteiger partial charge in [0.15, 0.2) is 0 Å². The number of carbonyl (C=O) groups is 1. The predicted molar refractivity (Wildman–Crippen MR) is 83.9 cm³/mol. The summed E-state index contributed by atoms with van der Waals surface area (Å²) in [5.41, 5.74) is 0.0404. The van der Waals surface area contributed by atoms with Gasteiger partial charge in [-0.2, -0.15) is 0 Å². The number of hydrogen-bond acceptors (Lipinski definition) is 2.